The van der Waals surface area contributed by atoms with Crippen LogP contribution in [-0.2, 0) is 6.42 Å². The van der Waals surface area contributed by atoms with Gasteiger partial charge in [0.25, 0.3) is 0 Å². The largest absolute Gasteiger partial charge is 0.324 e. The summed E-state index contributed by atoms with van der Waals surface area (Å²) in [5.74, 6) is 0. The number of hydrogen-bond acceptors (Lipinski definition) is 3. The Hall–Kier alpha value is -1.16. The molecule has 21 heavy (non-hydrogen) atoms. The zero-order valence-electron chi connectivity index (χ0n) is 12.7. The van der Waals surface area contributed by atoms with E-state index < -0.39 is 0 Å². The van der Waals surface area contributed by atoms with E-state index in [9.17, 15) is 0 Å². The lowest BCUT2D eigenvalue weighted by atomic mass is 9.99. The molecule has 0 saturated heterocycles. The first-order valence-electron chi connectivity index (χ1n) is 7.86. The Morgan fingerprint density at radius 2 is 2.10 bits per heavy atom. The molecule has 0 saturated carbocycles. The molecule has 1 aliphatic heterocycles. The normalized spacial score (nSPS) is 20.2. The number of nitrogens with two attached hydrogens (primary N) is 1. The first-order chi connectivity index (χ1) is 10.3. The average Bonchev–Trinajstić information content (AvgIpc) is 3.00. The molecule has 0 spiro atoms. The van der Waals surface area contributed by atoms with Crippen LogP contribution in [0.15, 0.2) is 41.8 Å². The minimum atomic E-state index is 0.169. The molecule has 112 valence electrons. The van der Waals surface area contributed by atoms with Gasteiger partial charge in [-0.2, -0.15) is 0 Å². The highest BCUT2D eigenvalue weighted by molar-refractivity contribution is 7.10. The van der Waals surface area contributed by atoms with Gasteiger partial charge in [-0.25, -0.2) is 0 Å². The summed E-state index contributed by atoms with van der Waals surface area (Å²) < 4.78 is 0. The highest BCUT2D eigenvalue weighted by Gasteiger charge is 2.24. The number of fused-ring (bicyclic) bond motifs is 1. The van der Waals surface area contributed by atoms with Gasteiger partial charge in [-0.05, 0) is 55.3 Å². The van der Waals surface area contributed by atoms with Crippen molar-refractivity contribution in [1.82, 2.24) is 4.90 Å². The molecule has 2 unspecified atom stereocenters. The zero-order valence-corrected chi connectivity index (χ0v) is 13.5. The molecule has 2 aromatic rings. The van der Waals surface area contributed by atoms with Crippen molar-refractivity contribution < 1.29 is 0 Å². The average molecular weight is 300 g/mol. The molecule has 0 amide bonds. The molecule has 3 heteroatoms. The molecule has 0 radical (unpaired) electrons. The maximum Gasteiger partial charge on any atom is 0.0331 e. The Kier molecular flexibility index (Phi) is 4.73. The molecular weight excluding hydrogens is 276 g/mol. The smallest absolute Gasteiger partial charge is 0.0331 e. The Morgan fingerprint density at radius 3 is 2.90 bits per heavy atom. The van der Waals surface area contributed by atoms with Crippen molar-refractivity contribution in [3.05, 3.63) is 57.8 Å². The van der Waals surface area contributed by atoms with Crippen molar-refractivity contribution >= 4 is 11.3 Å². The molecule has 0 bridgehead atoms. The minimum absolute atomic E-state index is 0.169. The van der Waals surface area contributed by atoms with Gasteiger partial charge < -0.3 is 5.73 Å². The number of thiophene rings is 1. The van der Waals surface area contributed by atoms with Crippen molar-refractivity contribution in [3.63, 3.8) is 0 Å². The number of hydrogen-bond donors (Lipinski definition) is 1. The van der Waals surface area contributed by atoms with Crippen LogP contribution in [0.25, 0.3) is 0 Å². The van der Waals surface area contributed by atoms with Crippen LogP contribution < -0.4 is 5.73 Å². The Balaban J connectivity index is 1.50. The number of benzene rings is 1. The fourth-order valence-corrected chi connectivity index (χ4v) is 4.21. The van der Waals surface area contributed by atoms with Crippen molar-refractivity contribution in [3.8, 4) is 0 Å². The zero-order chi connectivity index (χ0) is 14.7. The fraction of sp³-hybridized carbons (Fsp3) is 0.444. The highest BCUT2D eigenvalue weighted by atomic mass is 32.1. The summed E-state index contributed by atoms with van der Waals surface area (Å²) in [5.41, 5.74) is 9.08. The Labute approximate surface area is 131 Å². The summed E-state index contributed by atoms with van der Waals surface area (Å²) >= 11 is 1.91. The quantitative estimate of drug-likeness (QED) is 0.899. The van der Waals surface area contributed by atoms with Crippen LogP contribution in [0, 0.1) is 0 Å². The number of rotatable bonds is 5. The molecule has 2 atom stereocenters. The first-order valence-corrected chi connectivity index (χ1v) is 8.74. The van der Waals surface area contributed by atoms with Crippen LogP contribution in [0.4, 0.5) is 0 Å². The van der Waals surface area contributed by atoms with Crippen LogP contribution >= 0.6 is 11.3 Å². The summed E-state index contributed by atoms with van der Waals surface area (Å²) in [5, 5.41) is 2.23. The second-order valence-corrected chi connectivity index (χ2v) is 6.92. The second kappa shape index (κ2) is 6.73. The van der Waals surface area contributed by atoms with E-state index in [0.29, 0.717) is 6.04 Å². The maximum absolute atomic E-state index is 6.29. The topological polar surface area (TPSA) is 29.3 Å². The van der Waals surface area contributed by atoms with Crippen molar-refractivity contribution in [2.75, 3.05) is 13.1 Å². The van der Waals surface area contributed by atoms with E-state index in [2.05, 4.69) is 47.5 Å². The lowest BCUT2D eigenvalue weighted by molar-refractivity contribution is 0.195. The van der Waals surface area contributed by atoms with Crippen molar-refractivity contribution in [1.29, 1.82) is 0 Å². The van der Waals surface area contributed by atoms with E-state index in [4.69, 9.17) is 5.73 Å². The van der Waals surface area contributed by atoms with E-state index >= 15 is 0 Å². The third-order valence-corrected chi connectivity index (χ3v) is 5.59. The molecule has 0 fully saturated rings. The SMILES string of the molecule is CC1c2ccsc2CCN1CCCC(N)c1ccccc1. The van der Waals surface area contributed by atoms with Crippen molar-refractivity contribution in [2.45, 2.75) is 38.3 Å². The van der Waals surface area contributed by atoms with Crippen LogP contribution in [0.1, 0.15) is 47.9 Å². The van der Waals surface area contributed by atoms with Gasteiger partial charge in [-0.3, -0.25) is 4.90 Å². The van der Waals surface area contributed by atoms with Crippen LogP contribution in [0.5, 0.6) is 0 Å². The van der Waals surface area contributed by atoms with E-state index in [1.807, 2.05) is 17.4 Å². The van der Waals surface area contributed by atoms with Gasteiger partial charge in [0.05, 0.1) is 0 Å². The summed E-state index contributed by atoms with van der Waals surface area (Å²) in [6, 6.07) is 13.5. The van der Waals surface area contributed by atoms with E-state index in [1.165, 1.54) is 24.9 Å². The third-order valence-electron chi connectivity index (χ3n) is 4.59. The molecule has 2 N–H and O–H groups in total. The predicted octanol–water partition coefficient (Wildman–Crippen LogP) is 4.15. The lowest BCUT2D eigenvalue weighted by Crippen LogP contribution is -2.34. The molecular formula is C18H24N2S. The van der Waals surface area contributed by atoms with Crippen LogP contribution in [-0.4, -0.2) is 18.0 Å². The van der Waals surface area contributed by atoms with E-state index in [-0.39, 0.29) is 6.04 Å². The van der Waals surface area contributed by atoms with Gasteiger partial charge >= 0.3 is 0 Å². The second-order valence-electron chi connectivity index (χ2n) is 5.92. The number of nitrogens with zero attached hydrogens (tertiary/aromatic N) is 1. The monoisotopic (exact) mass is 300 g/mol. The van der Waals surface area contributed by atoms with Gasteiger partial charge in [0.1, 0.15) is 0 Å². The molecule has 1 aromatic carbocycles. The van der Waals surface area contributed by atoms with Gasteiger partial charge in [-0.1, -0.05) is 30.3 Å². The van der Waals surface area contributed by atoms with Crippen LogP contribution in [0.3, 0.4) is 0 Å². The fourth-order valence-electron chi connectivity index (χ4n) is 3.25. The van der Waals surface area contributed by atoms with Gasteiger partial charge in [0.15, 0.2) is 0 Å². The first kappa shape index (κ1) is 14.8. The van der Waals surface area contributed by atoms with Gasteiger partial charge in [0, 0.05) is 23.5 Å². The molecule has 2 heterocycles. The van der Waals surface area contributed by atoms with Gasteiger partial charge in [0.2, 0.25) is 0 Å². The molecule has 3 rings (SSSR count). The summed E-state index contributed by atoms with van der Waals surface area (Å²) in [6.07, 6.45) is 3.44. The summed E-state index contributed by atoms with van der Waals surface area (Å²) in [7, 11) is 0. The van der Waals surface area contributed by atoms with E-state index in [0.717, 1.165) is 13.0 Å². The van der Waals surface area contributed by atoms with Gasteiger partial charge in [-0.15, -0.1) is 11.3 Å². The molecule has 1 aliphatic rings. The lowest BCUT2D eigenvalue weighted by Gasteiger charge is -2.33. The summed E-state index contributed by atoms with van der Waals surface area (Å²) in [6.45, 7) is 4.67. The third kappa shape index (κ3) is 3.37. The maximum atomic E-state index is 6.29. The molecule has 0 aliphatic carbocycles. The van der Waals surface area contributed by atoms with Crippen molar-refractivity contribution in [2.24, 2.45) is 5.73 Å². The summed E-state index contributed by atoms with van der Waals surface area (Å²) in [4.78, 5) is 4.19. The predicted molar refractivity (Wildman–Crippen MR) is 90.6 cm³/mol. The molecule has 1 aromatic heterocycles. The standard InChI is InChI=1S/C18H24N2S/c1-14-16-10-13-21-18(16)9-12-20(14)11-5-8-17(19)15-6-3-2-4-7-15/h2-4,6-7,10,13-14,17H,5,8-9,11-12,19H2,1H3. The van der Waals surface area contributed by atoms with E-state index in [1.54, 1.807) is 10.4 Å². The molecule has 2 nitrogen and oxygen atoms in total. The minimum Gasteiger partial charge on any atom is -0.324 e. The highest BCUT2D eigenvalue weighted by Crippen LogP contribution is 2.33. The Morgan fingerprint density at radius 1 is 1.29 bits per heavy atom. The van der Waals surface area contributed by atoms with Crippen LogP contribution in [0.2, 0.25) is 0 Å². The Bertz CT molecular complexity index is 564.